The van der Waals surface area contributed by atoms with Gasteiger partial charge < -0.3 is 5.32 Å². The molecule has 0 bridgehead atoms. The predicted molar refractivity (Wildman–Crippen MR) is 94.0 cm³/mol. The average molecular weight is 365 g/mol. The van der Waals surface area contributed by atoms with E-state index in [2.05, 4.69) is 70.4 Å². The van der Waals surface area contributed by atoms with Gasteiger partial charge in [0.25, 0.3) is 0 Å². The number of nitrogens with one attached hydrogen (secondary N) is 1. The lowest BCUT2D eigenvalue weighted by Gasteiger charge is -2.11. The zero-order valence-electron chi connectivity index (χ0n) is 12.7. The SMILES string of the molecule is CCCNCc1cc(Br)ccc1Sc1cc(C)cc(C)n1. The molecular weight excluding hydrogens is 344 g/mol. The van der Waals surface area contributed by atoms with Crippen LogP contribution in [0.2, 0.25) is 0 Å². The molecule has 0 saturated heterocycles. The average Bonchev–Trinajstić information content (AvgIpc) is 2.41. The van der Waals surface area contributed by atoms with Crippen LogP contribution >= 0.6 is 27.7 Å². The van der Waals surface area contributed by atoms with E-state index >= 15 is 0 Å². The molecule has 1 N–H and O–H groups in total. The van der Waals surface area contributed by atoms with Crippen LogP contribution < -0.4 is 5.32 Å². The Morgan fingerprint density at radius 2 is 2.00 bits per heavy atom. The van der Waals surface area contributed by atoms with E-state index in [9.17, 15) is 0 Å². The zero-order valence-corrected chi connectivity index (χ0v) is 15.1. The maximum Gasteiger partial charge on any atom is 0.101 e. The second-order valence-corrected chi connectivity index (χ2v) is 7.13. The summed E-state index contributed by atoms with van der Waals surface area (Å²) in [5.41, 5.74) is 3.64. The van der Waals surface area contributed by atoms with E-state index in [0.29, 0.717) is 0 Å². The summed E-state index contributed by atoms with van der Waals surface area (Å²) < 4.78 is 1.12. The summed E-state index contributed by atoms with van der Waals surface area (Å²) >= 11 is 5.30. The highest BCUT2D eigenvalue weighted by Crippen LogP contribution is 2.31. The van der Waals surface area contributed by atoms with Gasteiger partial charge in [-0.15, -0.1) is 0 Å². The largest absolute Gasteiger partial charge is 0.313 e. The van der Waals surface area contributed by atoms with Crippen molar-refractivity contribution in [1.82, 2.24) is 10.3 Å². The van der Waals surface area contributed by atoms with Gasteiger partial charge in [-0.3, -0.25) is 0 Å². The summed E-state index contributed by atoms with van der Waals surface area (Å²) in [6.45, 7) is 8.27. The monoisotopic (exact) mass is 364 g/mol. The molecule has 0 radical (unpaired) electrons. The van der Waals surface area contributed by atoms with Gasteiger partial charge in [0.05, 0.1) is 0 Å². The van der Waals surface area contributed by atoms with Gasteiger partial charge in [-0.05, 0) is 68.3 Å². The fourth-order valence-electron chi connectivity index (χ4n) is 2.15. The molecule has 2 nitrogen and oxygen atoms in total. The van der Waals surface area contributed by atoms with E-state index in [0.717, 1.165) is 34.7 Å². The van der Waals surface area contributed by atoms with Crippen molar-refractivity contribution in [1.29, 1.82) is 0 Å². The first-order valence-corrected chi connectivity index (χ1v) is 8.81. The van der Waals surface area contributed by atoms with Crippen molar-refractivity contribution in [2.75, 3.05) is 6.54 Å². The Kier molecular flexibility index (Phi) is 6.27. The molecule has 1 aromatic heterocycles. The van der Waals surface area contributed by atoms with E-state index < -0.39 is 0 Å². The Morgan fingerprint density at radius 3 is 2.71 bits per heavy atom. The molecule has 4 heteroatoms. The lowest BCUT2D eigenvalue weighted by molar-refractivity contribution is 0.669. The molecule has 0 amide bonds. The van der Waals surface area contributed by atoms with Crippen molar-refractivity contribution in [3.8, 4) is 0 Å². The van der Waals surface area contributed by atoms with E-state index in [-0.39, 0.29) is 0 Å². The number of pyridine rings is 1. The van der Waals surface area contributed by atoms with Gasteiger partial charge in [-0.25, -0.2) is 4.98 Å². The van der Waals surface area contributed by atoms with Crippen LogP contribution in [0.15, 0.2) is 44.7 Å². The highest BCUT2D eigenvalue weighted by Gasteiger charge is 2.07. The second-order valence-electron chi connectivity index (χ2n) is 5.15. The van der Waals surface area contributed by atoms with Crippen LogP contribution in [0.3, 0.4) is 0 Å². The molecular formula is C17H21BrN2S. The molecule has 1 heterocycles. The van der Waals surface area contributed by atoms with E-state index in [1.807, 2.05) is 6.92 Å². The summed E-state index contributed by atoms with van der Waals surface area (Å²) in [6, 6.07) is 10.7. The lowest BCUT2D eigenvalue weighted by Crippen LogP contribution is -2.14. The highest BCUT2D eigenvalue weighted by molar-refractivity contribution is 9.10. The Balaban J connectivity index is 2.21. The Labute approximate surface area is 139 Å². The molecule has 0 fully saturated rings. The van der Waals surface area contributed by atoms with Crippen molar-refractivity contribution >= 4 is 27.7 Å². The van der Waals surface area contributed by atoms with Gasteiger partial charge in [-0.1, -0.05) is 34.6 Å². The first kappa shape index (κ1) is 16.5. The number of nitrogens with zero attached hydrogens (tertiary/aromatic N) is 1. The third-order valence-electron chi connectivity index (χ3n) is 3.05. The van der Waals surface area contributed by atoms with Crippen LogP contribution in [-0.4, -0.2) is 11.5 Å². The van der Waals surface area contributed by atoms with Gasteiger partial charge in [0, 0.05) is 21.6 Å². The van der Waals surface area contributed by atoms with Crippen molar-refractivity contribution in [2.45, 2.75) is 43.7 Å². The number of aryl methyl sites for hydroxylation is 2. The predicted octanol–water partition coefficient (Wildman–Crippen LogP) is 5.11. The van der Waals surface area contributed by atoms with E-state index in [1.54, 1.807) is 11.8 Å². The van der Waals surface area contributed by atoms with Gasteiger partial charge in [0.15, 0.2) is 0 Å². The van der Waals surface area contributed by atoms with Gasteiger partial charge >= 0.3 is 0 Å². The zero-order chi connectivity index (χ0) is 15.2. The molecule has 0 aliphatic heterocycles. The minimum absolute atomic E-state index is 0.889. The molecule has 0 spiro atoms. The highest BCUT2D eigenvalue weighted by atomic mass is 79.9. The van der Waals surface area contributed by atoms with Crippen LogP contribution in [0.1, 0.15) is 30.2 Å². The van der Waals surface area contributed by atoms with Crippen LogP contribution in [0.25, 0.3) is 0 Å². The number of halogens is 1. The van der Waals surface area contributed by atoms with Crippen molar-refractivity contribution < 1.29 is 0 Å². The summed E-state index contributed by atoms with van der Waals surface area (Å²) in [7, 11) is 0. The van der Waals surface area contributed by atoms with Gasteiger partial charge in [-0.2, -0.15) is 0 Å². The Morgan fingerprint density at radius 1 is 1.19 bits per heavy atom. The third-order valence-corrected chi connectivity index (χ3v) is 4.58. The van der Waals surface area contributed by atoms with Crippen molar-refractivity contribution in [3.63, 3.8) is 0 Å². The molecule has 0 aliphatic carbocycles. The smallest absolute Gasteiger partial charge is 0.101 e. The molecule has 21 heavy (non-hydrogen) atoms. The Hall–Kier alpha value is -0.840. The fraction of sp³-hybridized carbons (Fsp3) is 0.353. The summed E-state index contributed by atoms with van der Waals surface area (Å²) in [5.74, 6) is 0. The van der Waals surface area contributed by atoms with Crippen LogP contribution in [0.5, 0.6) is 0 Å². The van der Waals surface area contributed by atoms with Crippen LogP contribution in [-0.2, 0) is 6.54 Å². The quantitative estimate of drug-likeness (QED) is 0.720. The maximum absolute atomic E-state index is 4.62. The van der Waals surface area contributed by atoms with Gasteiger partial charge in [0.2, 0.25) is 0 Å². The summed E-state index contributed by atoms with van der Waals surface area (Å²) in [5, 5.41) is 4.53. The molecule has 0 aliphatic rings. The minimum atomic E-state index is 0.889. The molecule has 2 rings (SSSR count). The Bertz CT molecular complexity index is 593. The molecule has 0 atom stereocenters. The van der Waals surface area contributed by atoms with Crippen LogP contribution in [0, 0.1) is 13.8 Å². The van der Waals surface area contributed by atoms with Crippen LogP contribution in [0.4, 0.5) is 0 Å². The number of aromatic nitrogens is 1. The van der Waals surface area contributed by atoms with Gasteiger partial charge in [0.1, 0.15) is 5.03 Å². The topological polar surface area (TPSA) is 24.9 Å². The molecule has 2 aromatic rings. The molecule has 0 saturated carbocycles. The van der Waals surface area contributed by atoms with E-state index in [4.69, 9.17) is 0 Å². The number of hydrogen-bond donors (Lipinski definition) is 1. The third kappa shape index (κ3) is 5.13. The number of hydrogen-bond acceptors (Lipinski definition) is 3. The first-order chi connectivity index (χ1) is 10.1. The standard InChI is InChI=1S/C17H21BrN2S/c1-4-7-19-11-14-10-15(18)5-6-16(14)21-17-9-12(2)8-13(3)20-17/h5-6,8-10,19H,4,7,11H2,1-3H3. The first-order valence-electron chi connectivity index (χ1n) is 7.20. The molecule has 1 aromatic carbocycles. The number of rotatable bonds is 6. The molecule has 112 valence electrons. The second kappa shape index (κ2) is 7.97. The maximum atomic E-state index is 4.62. The molecule has 0 unspecified atom stereocenters. The number of benzene rings is 1. The van der Waals surface area contributed by atoms with E-state index in [1.165, 1.54) is 16.0 Å². The minimum Gasteiger partial charge on any atom is -0.313 e. The lowest BCUT2D eigenvalue weighted by atomic mass is 10.2. The fourth-order valence-corrected chi connectivity index (χ4v) is 3.62. The normalized spacial score (nSPS) is 10.9. The van der Waals surface area contributed by atoms with Crippen molar-refractivity contribution in [2.24, 2.45) is 0 Å². The summed E-state index contributed by atoms with van der Waals surface area (Å²) in [6.07, 6.45) is 1.15. The van der Waals surface area contributed by atoms with Crippen molar-refractivity contribution in [3.05, 3.63) is 51.6 Å². The summed E-state index contributed by atoms with van der Waals surface area (Å²) in [4.78, 5) is 5.88.